The summed E-state index contributed by atoms with van der Waals surface area (Å²) in [5.74, 6) is 3.44. The number of thioether (sulfide) groups is 1. The Bertz CT molecular complexity index is 380. The van der Waals surface area contributed by atoms with Crippen molar-refractivity contribution in [2.75, 3.05) is 23.5 Å². The zero-order valence-electron chi connectivity index (χ0n) is 10.3. The summed E-state index contributed by atoms with van der Waals surface area (Å²) in [6.45, 7) is 2.15. The van der Waals surface area contributed by atoms with E-state index in [9.17, 15) is 0 Å². The minimum absolute atomic E-state index is 0.585. The molecule has 0 amide bonds. The molecule has 0 saturated carbocycles. The number of anilines is 1. The van der Waals surface area contributed by atoms with Crippen LogP contribution in [0.2, 0.25) is 5.15 Å². The van der Waals surface area contributed by atoms with Gasteiger partial charge in [-0.15, -0.1) is 0 Å². The van der Waals surface area contributed by atoms with Gasteiger partial charge in [0.25, 0.3) is 0 Å². The van der Waals surface area contributed by atoms with E-state index in [1.165, 1.54) is 17.9 Å². The van der Waals surface area contributed by atoms with Crippen LogP contribution in [0.5, 0.6) is 0 Å². The highest BCUT2D eigenvalue weighted by Gasteiger charge is 2.23. The van der Waals surface area contributed by atoms with Crippen molar-refractivity contribution in [3.05, 3.63) is 17.0 Å². The monoisotopic (exact) mass is 271 g/mol. The van der Waals surface area contributed by atoms with Gasteiger partial charge in [-0.25, -0.2) is 9.97 Å². The number of hydrogen-bond acceptors (Lipinski definition) is 4. The summed E-state index contributed by atoms with van der Waals surface area (Å²) in [5.41, 5.74) is 1.09. The van der Waals surface area contributed by atoms with Crippen LogP contribution < -0.4 is 4.90 Å². The van der Waals surface area contributed by atoms with E-state index in [-0.39, 0.29) is 0 Å². The molecule has 0 aliphatic carbocycles. The Labute approximate surface area is 112 Å². The fourth-order valence-electron chi connectivity index (χ4n) is 2.15. The van der Waals surface area contributed by atoms with Crippen LogP contribution in [0.1, 0.15) is 25.3 Å². The van der Waals surface area contributed by atoms with Crippen LogP contribution in [0, 0.1) is 0 Å². The van der Waals surface area contributed by atoms with Crippen molar-refractivity contribution in [1.82, 2.24) is 9.97 Å². The van der Waals surface area contributed by atoms with Crippen molar-refractivity contribution in [3.63, 3.8) is 0 Å². The van der Waals surface area contributed by atoms with Crippen LogP contribution in [0.15, 0.2) is 6.33 Å². The second-order valence-electron chi connectivity index (χ2n) is 4.34. The molecule has 1 aromatic heterocycles. The van der Waals surface area contributed by atoms with Gasteiger partial charge in [-0.1, -0.05) is 24.9 Å². The van der Waals surface area contributed by atoms with Crippen LogP contribution >= 0.6 is 23.4 Å². The van der Waals surface area contributed by atoms with Gasteiger partial charge in [0.2, 0.25) is 0 Å². The largest absolute Gasteiger partial charge is 0.355 e. The normalized spacial score (nSPS) is 19.6. The van der Waals surface area contributed by atoms with Crippen molar-refractivity contribution < 1.29 is 0 Å². The molecule has 2 rings (SSSR count). The molecular weight excluding hydrogens is 254 g/mol. The lowest BCUT2D eigenvalue weighted by Gasteiger charge is -2.27. The van der Waals surface area contributed by atoms with E-state index >= 15 is 0 Å². The third kappa shape index (κ3) is 2.86. The van der Waals surface area contributed by atoms with Crippen LogP contribution in [0.3, 0.4) is 0 Å². The van der Waals surface area contributed by atoms with Crippen molar-refractivity contribution in [2.24, 2.45) is 0 Å². The van der Waals surface area contributed by atoms with E-state index in [1.807, 2.05) is 11.8 Å². The molecule has 0 N–H and O–H groups in total. The highest BCUT2D eigenvalue weighted by Crippen LogP contribution is 2.29. The summed E-state index contributed by atoms with van der Waals surface area (Å²) in [5, 5.41) is 0.606. The van der Waals surface area contributed by atoms with Crippen LogP contribution in [0.25, 0.3) is 0 Å². The summed E-state index contributed by atoms with van der Waals surface area (Å²) in [7, 11) is 2.12. The second-order valence-corrected chi connectivity index (χ2v) is 5.85. The van der Waals surface area contributed by atoms with E-state index in [0.717, 1.165) is 24.2 Å². The Hall–Kier alpha value is -0.480. The molecule has 2 heterocycles. The van der Waals surface area contributed by atoms with Crippen LogP contribution in [0.4, 0.5) is 5.82 Å². The van der Waals surface area contributed by atoms with E-state index in [4.69, 9.17) is 11.6 Å². The van der Waals surface area contributed by atoms with Crippen LogP contribution in [-0.2, 0) is 6.42 Å². The van der Waals surface area contributed by atoms with E-state index in [2.05, 4.69) is 28.8 Å². The molecule has 1 aliphatic rings. The number of nitrogens with zero attached hydrogens (tertiary/aromatic N) is 3. The molecule has 1 unspecified atom stereocenters. The summed E-state index contributed by atoms with van der Waals surface area (Å²) in [6, 6.07) is 0.585. The molecule has 1 atom stereocenters. The first-order valence-electron chi connectivity index (χ1n) is 6.04. The molecular formula is C12H18ClN3S. The Morgan fingerprint density at radius 1 is 1.53 bits per heavy atom. The lowest BCUT2D eigenvalue weighted by Crippen LogP contribution is -2.33. The molecule has 1 saturated heterocycles. The Balaban J connectivity index is 2.26. The molecule has 3 nitrogen and oxygen atoms in total. The topological polar surface area (TPSA) is 29.0 Å². The maximum atomic E-state index is 6.18. The Morgan fingerprint density at radius 2 is 2.35 bits per heavy atom. The molecule has 0 spiro atoms. The number of rotatable bonds is 4. The Morgan fingerprint density at radius 3 is 3.00 bits per heavy atom. The first-order valence-corrected chi connectivity index (χ1v) is 7.57. The molecule has 1 fully saturated rings. The quantitative estimate of drug-likeness (QED) is 0.787. The van der Waals surface area contributed by atoms with Gasteiger partial charge in [0.05, 0.1) is 0 Å². The van der Waals surface area contributed by atoms with Gasteiger partial charge >= 0.3 is 0 Å². The highest BCUT2D eigenvalue weighted by molar-refractivity contribution is 7.99. The van der Waals surface area contributed by atoms with Crippen molar-refractivity contribution in [1.29, 1.82) is 0 Å². The molecule has 0 bridgehead atoms. The lowest BCUT2D eigenvalue weighted by molar-refractivity contribution is 0.684. The SMILES string of the molecule is CCCc1c(Cl)ncnc1N(C)C1CCSC1. The van der Waals surface area contributed by atoms with Gasteiger partial charge in [-0.2, -0.15) is 11.8 Å². The third-order valence-corrected chi connectivity index (χ3v) is 4.63. The van der Waals surface area contributed by atoms with Crippen LogP contribution in [-0.4, -0.2) is 34.6 Å². The molecule has 5 heteroatoms. The van der Waals surface area contributed by atoms with Crippen molar-refractivity contribution in [3.8, 4) is 0 Å². The molecule has 1 aliphatic heterocycles. The number of hydrogen-bond donors (Lipinski definition) is 0. The van der Waals surface area contributed by atoms with Gasteiger partial charge in [-0.3, -0.25) is 0 Å². The molecule has 0 aromatic carbocycles. The molecule has 94 valence electrons. The average molecular weight is 272 g/mol. The summed E-state index contributed by atoms with van der Waals surface area (Å²) in [4.78, 5) is 10.8. The summed E-state index contributed by atoms with van der Waals surface area (Å²) in [6.07, 6.45) is 4.80. The standard InChI is InChI=1S/C12H18ClN3S/c1-3-4-10-11(13)14-8-15-12(10)16(2)9-5-6-17-7-9/h8-9H,3-7H2,1-2H3. The van der Waals surface area contributed by atoms with Crippen molar-refractivity contribution >= 4 is 29.2 Å². The average Bonchev–Trinajstić information content (AvgIpc) is 2.85. The second kappa shape index (κ2) is 5.91. The predicted octanol–water partition coefficient (Wildman–Crippen LogP) is 3.02. The Kier molecular flexibility index (Phi) is 4.51. The smallest absolute Gasteiger partial charge is 0.137 e. The maximum Gasteiger partial charge on any atom is 0.137 e. The number of aromatic nitrogens is 2. The van der Waals surface area contributed by atoms with E-state index in [0.29, 0.717) is 11.2 Å². The maximum absolute atomic E-state index is 6.18. The fourth-order valence-corrected chi connectivity index (χ4v) is 3.64. The minimum atomic E-state index is 0.585. The third-order valence-electron chi connectivity index (χ3n) is 3.16. The minimum Gasteiger partial charge on any atom is -0.355 e. The van der Waals surface area contributed by atoms with Gasteiger partial charge in [0, 0.05) is 24.4 Å². The van der Waals surface area contributed by atoms with Gasteiger partial charge < -0.3 is 4.90 Å². The highest BCUT2D eigenvalue weighted by atomic mass is 35.5. The molecule has 1 aromatic rings. The summed E-state index contributed by atoms with van der Waals surface area (Å²) < 4.78 is 0. The van der Waals surface area contributed by atoms with Gasteiger partial charge in [-0.05, 0) is 18.6 Å². The predicted molar refractivity (Wildman–Crippen MR) is 75.2 cm³/mol. The van der Waals surface area contributed by atoms with E-state index < -0.39 is 0 Å². The zero-order chi connectivity index (χ0) is 12.3. The van der Waals surface area contributed by atoms with Gasteiger partial charge in [0.15, 0.2) is 0 Å². The van der Waals surface area contributed by atoms with E-state index in [1.54, 1.807) is 6.33 Å². The first kappa shape index (κ1) is 13.0. The summed E-state index contributed by atoms with van der Waals surface area (Å²) >= 11 is 8.19. The fraction of sp³-hybridized carbons (Fsp3) is 0.667. The molecule has 17 heavy (non-hydrogen) atoms. The lowest BCUT2D eigenvalue weighted by atomic mass is 10.1. The van der Waals surface area contributed by atoms with Crippen molar-refractivity contribution in [2.45, 2.75) is 32.2 Å². The molecule has 0 radical (unpaired) electrons. The van der Waals surface area contributed by atoms with Gasteiger partial charge in [0.1, 0.15) is 17.3 Å². The zero-order valence-corrected chi connectivity index (χ0v) is 11.9. The first-order chi connectivity index (χ1) is 8.24. The number of halogens is 1.